The summed E-state index contributed by atoms with van der Waals surface area (Å²) in [6.45, 7) is 1.85. The number of hydrogen-bond acceptors (Lipinski definition) is 5. The van der Waals surface area contributed by atoms with E-state index in [0.717, 1.165) is 27.8 Å². The van der Waals surface area contributed by atoms with Gasteiger partial charge in [-0.05, 0) is 42.7 Å². The molecule has 1 amide bonds. The predicted molar refractivity (Wildman–Crippen MR) is 132 cm³/mol. The number of aromatic amines is 1. The Kier molecular flexibility index (Phi) is 7.23. The largest absolute Gasteiger partial charge is 0.396 e. The fourth-order valence-electron chi connectivity index (χ4n) is 4.47. The van der Waals surface area contributed by atoms with Gasteiger partial charge in [0.05, 0.1) is 26.5 Å². The second-order valence-electron chi connectivity index (χ2n) is 8.16. The highest BCUT2D eigenvalue weighted by Crippen LogP contribution is 2.45. The molecule has 11 heteroatoms. The zero-order chi connectivity index (χ0) is 24.6. The van der Waals surface area contributed by atoms with E-state index in [9.17, 15) is 18.3 Å². The van der Waals surface area contributed by atoms with E-state index >= 15 is 0 Å². The van der Waals surface area contributed by atoms with Crippen molar-refractivity contribution in [3.63, 3.8) is 0 Å². The molecule has 8 nitrogen and oxygen atoms in total. The van der Waals surface area contributed by atoms with Gasteiger partial charge in [0.2, 0.25) is 15.9 Å². The van der Waals surface area contributed by atoms with Gasteiger partial charge in [0.25, 0.3) is 0 Å². The molecule has 1 atom stereocenters. The number of nitrogens with zero attached hydrogens (tertiary/aromatic N) is 1. The van der Waals surface area contributed by atoms with Gasteiger partial charge in [0.1, 0.15) is 6.61 Å². The van der Waals surface area contributed by atoms with E-state index in [-0.39, 0.29) is 30.0 Å². The number of hydrogen-bond donors (Lipinski definition) is 4. The van der Waals surface area contributed by atoms with Crippen LogP contribution >= 0.6 is 23.2 Å². The van der Waals surface area contributed by atoms with Gasteiger partial charge in [0.15, 0.2) is 0 Å². The Balaban J connectivity index is 1.82. The first kappa shape index (κ1) is 25.0. The van der Waals surface area contributed by atoms with Gasteiger partial charge < -0.3 is 20.1 Å². The summed E-state index contributed by atoms with van der Waals surface area (Å²) in [5, 5.41) is 19.8. The second-order valence-corrected chi connectivity index (χ2v) is 10.7. The number of rotatable bonds is 7. The lowest BCUT2D eigenvalue weighted by atomic mass is 9.92. The van der Waals surface area contributed by atoms with Crippen LogP contribution in [-0.4, -0.2) is 60.7 Å². The highest BCUT2D eigenvalue weighted by molar-refractivity contribution is 7.89. The Morgan fingerprint density at radius 3 is 2.59 bits per heavy atom. The molecular weight excluding hydrogens is 501 g/mol. The minimum atomic E-state index is -3.70. The maximum atomic E-state index is 12.5. The number of carbonyl (C=O) groups is 1. The number of aliphatic hydroxyl groups is 2. The topological polar surface area (TPSA) is 123 Å². The van der Waals surface area contributed by atoms with Crippen LogP contribution in [0.15, 0.2) is 35.2 Å². The summed E-state index contributed by atoms with van der Waals surface area (Å²) in [4.78, 5) is 17.4. The molecule has 0 spiro atoms. The van der Waals surface area contributed by atoms with Crippen molar-refractivity contribution >= 4 is 50.0 Å². The lowest BCUT2D eigenvalue weighted by Gasteiger charge is -2.33. The number of aromatic nitrogens is 1. The van der Waals surface area contributed by atoms with Crippen molar-refractivity contribution < 1.29 is 23.4 Å². The van der Waals surface area contributed by atoms with Gasteiger partial charge in [-0.3, -0.25) is 4.79 Å². The van der Waals surface area contributed by atoms with Crippen molar-refractivity contribution in [2.45, 2.75) is 30.7 Å². The van der Waals surface area contributed by atoms with Crippen molar-refractivity contribution in [1.29, 1.82) is 0 Å². The quantitative estimate of drug-likeness (QED) is 0.352. The van der Waals surface area contributed by atoms with Crippen molar-refractivity contribution in [2.75, 3.05) is 26.3 Å². The number of sulfonamides is 1. The number of H-pyrrole nitrogens is 1. The van der Waals surface area contributed by atoms with Crippen LogP contribution in [0.5, 0.6) is 0 Å². The zero-order valence-electron chi connectivity index (χ0n) is 18.4. The first-order chi connectivity index (χ1) is 16.2. The molecule has 0 bridgehead atoms. The van der Waals surface area contributed by atoms with Gasteiger partial charge >= 0.3 is 0 Å². The Morgan fingerprint density at radius 2 is 1.94 bits per heavy atom. The molecular formula is C23H25Cl2N3O5S. The monoisotopic (exact) mass is 525 g/mol. The van der Waals surface area contributed by atoms with E-state index < -0.39 is 16.6 Å². The first-order valence-corrected chi connectivity index (χ1v) is 13.1. The van der Waals surface area contributed by atoms with Crippen molar-refractivity contribution in [3.05, 3.63) is 51.6 Å². The molecule has 1 aromatic heterocycles. The van der Waals surface area contributed by atoms with E-state index in [1.165, 1.54) is 12.1 Å². The molecule has 2 heterocycles. The highest BCUT2D eigenvalue weighted by atomic mass is 35.5. The van der Waals surface area contributed by atoms with Crippen LogP contribution in [0, 0.1) is 0 Å². The third kappa shape index (κ3) is 4.44. The van der Waals surface area contributed by atoms with Gasteiger partial charge in [-0.2, -0.15) is 0 Å². The van der Waals surface area contributed by atoms with Crippen molar-refractivity contribution in [3.8, 4) is 11.1 Å². The molecule has 0 aliphatic carbocycles. The molecule has 0 radical (unpaired) electrons. The van der Waals surface area contributed by atoms with E-state index in [0.29, 0.717) is 34.9 Å². The Bertz CT molecular complexity index is 1340. The van der Waals surface area contributed by atoms with Crippen LogP contribution in [0.25, 0.3) is 22.0 Å². The van der Waals surface area contributed by atoms with E-state index in [2.05, 4.69) is 9.71 Å². The molecule has 4 N–H and O–H groups in total. The summed E-state index contributed by atoms with van der Waals surface area (Å²) >= 11 is 13.0. The van der Waals surface area contributed by atoms with Crippen LogP contribution < -0.4 is 4.72 Å². The van der Waals surface area contributed by atoms with Crippen LogP contribution in [0.1, 0.15) is 30.6 Å². The SMILES string of the molecule is C[C@H]1c2c([nH]c3c(Cl)c(Cl)cc(-c4ccc(S(=O)(=O)NCCCO)cc4)c23)CCN1C(=O)CO. The molecule has 3 aromatic rings. The van der Waals surface area contributed by atoms with Gasteiger partial charge in [-0.15, -0.1) is 0 Å². The van der Waals surface area contributed by atoms with E-state index in [1.54, 1.807) is 23.1 Å². The summed E-state index contributed by atoms with van der Waals surface area (Å²) in [7, 11) is -3.70. The van der Waals surface area contributed by atoms with Crippen LogP contribution in [-0.2, 0) is 21.2 Å². The van der Waals surface area contributed by atoms with Gasteiger partial charge in [-0.25, -0.2) is 13.1 Å². The average Bonchev–Trinajstić information content (AvgIpc) is 3.22. The standard InChI is InChI=1S/C23H25Cl2N3O5S/c1-13-20-18(7-9-28(13)19(31)12-30)27-23-21(20)16(11-17(24)22(23)25)14-3-5-15(6-4-14)34(32,33)26-8-2-10-29/h3-6,11,13,26-27,29-30H,2,7-10,12H2,1H3/t13-/m0/s1. The molecule has 0 saturated carbocycles. The molecule has 4 rings (SSSR count). The number of halogens is 2. The summed E-state index contributed by atoms with van der Waals surface area (Å²) in [5.74, 6) is -0.350. The van der Waals surface area contributed by atoms with Crippen LogP contribution in [0.3, 0.4) is 0 Å². The smallest absolute Gasteiger partial charge is 0.248 e. The molecule has 0 unspecified atom stereocenters. The molecule has 1 aliphatic rings. The van der Waals surface area contributed by atoms with Crippen molar-refractivity contribution in [2.24, 2.45) is 0 Å². The minimum absolute atomic E-state index is 0.102. The van der Waals surface area contributed by atoms with Gasteiger partial charge in [-0.1, -0.05) is 35.3 Å². The maximum Gasteiger partial charge on any atom is 0.248 e. The Hall–Kier alpha value is -2.14. The van der Waals surface area contributed by atoms with Crippen LogP contribution in [0.2, 0.25) is 10.0 Å². The fraction of sp³-hybridized carbons (Fsp3) is 0.348. The minimum Gasteiger partial charge on any atom is -0.396 e. The number of benzene rings is 2. The molecule has 2 aromatic carbocycles. The molecule has 1 aliphatic heterocycles. The average molecular weight is 526 g/mol. The summed E-state index contributed by atoms with van der Waals surface area (Å²) in [6, 6.07) is 7.85. The molecule has 0 saturated heterocycles. The fourth-order valence-corrected chi connectivity index (χ4v) is 5.95. The third-order valence-corrected chi connectivity index (χ3v) is 8.40. The highest BCUT2D eigenvalue weighted by Gasteiger charge is 2.32. The third-order valence-electron chi connectivity index (χ3n) is 6.14. The molecule has 182 valence electrons. The summed E-state index contributed by atoms with van der Waals surface area (Å²) in [6.07, 6.45) is 0.898. The van der Waals surface area contributed by atoms with E-state index in [1.807, 2.05) is 6.92 Å². The van der Waals surface area contributed by atoms with Crippen LogP contribution in [0.4, 0.5) is 0 Å². The molecule has 0 fully saturated rings. The Morgan fingerprint density at radius 1 is 1.24 bits per heavy atom. The second kappa shape index (κ2) is 9.85. The zero-order valence-corrected chi connectivity index (χ0v) is 20.8. The summed E-state index contributed by atoms with van der Waals surface area (Å²) < 4.78 is 27.4. The number of nitrogens with one attached hydrogen (secondary N) is 2. The normalized spacial score (nSPS) is 16.1. The number of amides is 1. The Labute approximate surface area is 207 Å². The molecule has 34 heavy (non-hydrogen) atoms. The number of aliphatic hydroxyl groups excluding tert-OH is 2. The predicted octanol–water partition coefficient (Wildman–Crippen LogP) is 3.24. The van der Waals surface area contributed by atoms with Gasteiger partial charge in [0, 0.05) is 42.8 Å². The lowest BCUT2D eigenvalue weighted by molar-refractivity contribution is -0.136. The summed E-state index contributed by atoms with van der Waals surface area (Å²) in [5.41, 5.74) is 3.99. The number of carbonyl (C=O) groups excluding carboxylic acids is 1. The maximum absolute atomic E-state index is 12.5. The van der Waals surface area contributed by atoms with Crippen molar-refractivity contribution in [1.82, 2.24) is 14.6 Å². The first-order valence-electron chi connectivity index (χ1n) is 10.8. The number of fused-ring (bicyclic) bond motifs is 3. The van der Waals surface area contributed by atoms with E-state index in [4.69, 9.17) is 28.3 Å². The lowest BCUT2D eigenvalue weighted by Crippen LogP contribution is -2.40.